The summed E-state index contributed by atoms with van der Waals surface area (Å²) in [5.74, 6) is 2.43. The van der Waals surface area contributed by atoms with Crippen molar-refractivity contribution in [3.8, 4) is 22.8 Å². The van der Waals surface area contributed by atoms with E-state index in [1.807, 2.05) is 0 Å². The van der Waals surface area contributed by atoms with Gasteiger partial charge in [0.15, 0.2) is 11.5 Å². The first-order valence-electron chi connectivity index (χ1n) is 15.9. The van der Waals surface area contributed by atoms with E-state index < -0.39 is 38.2 Å². The third-order valence-electron chi connectivity index (χ3n) is 9.96. The predicted molar refractivity (Wildman–Crippen MR) is 167 cm³/mol. The van der Waals surface area contributed by atoms with Crippen LogP contribution in [0.2, 0.25) is 0 Å². The number of methoxy groups -OCH3 is 2. The second kappa shape index (κ2) is 12.7. The first-order valence-corrected chi connectivity index (χ1v) is 17.5. The number of ketones is 1. The molecule has 4 aliphatic carbocycles. The lowest BCUT2D eigenvalue weighted by atomic mass is 9.48. The van der Waals surface area contributed by atoms with Gasteiger partial charge in [0.2, 0.25) is 15.0 Å². The maximum absolute atomic E-state index is 13.9. The molecule has 47 heavy (non-hydrogen) atoms. The average molecular weight is 674 g/mol. The van der Waals surface area contributed by atoms with Crippen LogP contribution in [0.3, 0.4) is 0 Å². The first kappa shape index (κ1) is 33.2. The van der Waals surface area contributed by atoms with E-state index in [2.05, 4.69) is 9.97 Å². The summed E-state index contributed by atoms with van der Waals surface area (Å²) in [4.78, 5) is 33.1. The number of pyridine rings is 1. The molecule has 2 aromatic heterocycles. The minimum absolute atomic E-state index is 0.00420. The minimum Gasteiger partial charge on any atom is -0.493 e. The third-order valence-corrected chi connectivity index (χ3v) is 11.5. The van der Waals surface area contributed by atoms with E-state index in [0.29, 0.717) is 47.3 Å². The molecule has 9 nitrogen and oxygen atoms in total. The van der Waals surface area contributed by atoms with Crippen LogP contribution in [0.4, 0.5) is 13.2 Å². The fraction of sp³-hybridized carbons (Fsp3) is 0.529. The van der Waals surface area contributed by atoms with E-state index in [1.54, 1.807) is 18.2 Å². The van der Waals surface area contributed by atoms with E-state index in [4.69, 9.17) is 9.47 Å². The van der Waals surface area contributed by atoms with E-state index in [-0.39, 0.29) is 41.8 Å². The number of carbonyl (C=O) groups is 1. The topological polar surface area (TPSA) is 117 Å². The summed E-state index contributed by atoms with van der Waals surface area (Å²) in [6.07, 6.45) is 3.76. The Balaban J connectivity index is 1.19. The second-order valence-electron chi connectivity index (χ2n) is 13.5. The van der Waals surface area contributed by atoms with Crippen LogP contribution in [0.5, 0.6) is 11.5 Å². The van der Waals surface area contributed by atoms with Crippen LogP contribution in [0, 0.1) is 23.2 Å². The van der Waals surface area contributed by atoms with Gasteiger partial charge in [0, 0.05) is 30.7 Å². The summed E-state index contributed by atoms with van der Waals surface area (Å²) < 4.78 is 80.2. The van der Waals surface area contributed by atoms with Crippen molar-refractivity contribution in [2.45, 2.75) is 75.7 Å². The lowest BCUT2D eigenvalue weighted by molar-refractivity contribution is -0.141. The summed E-state index contributed by atoms with van der Waals surface area (Å²) in [7, 11) is -1.42. The van der Waals surface area contributed by atoms with Crippen LogP contribution in [0.25, 0.3) is 11.3 Å². The molecule has 4 aliphatic rings. The Hall–Kier alpha value is -3.74. The smallest absolute Gasteiger partial charge is 0.433 e. The van der Waals surface area contributed by atoms with Crippen molar-refractivity contribution in [2.75, 3.05) is 20.0 Å². The van der Waals surface area contributed by atoms with Gasteiger partial charge >= 0.3 is 6.18 Å². The zero-order chi connectivity index (χ0) is 33.6. The number of alkyl halides is 3. The SMILES string of the molecule is COc1ccc(Cn2cc(-c3cc(C(F)(F)F)nc(S(=O)(=O)CCCC(=O)CC45CC6CC(CC(C6)C4)C5)n3)ccc2=O)cc1OC. The fourth-order valence-corrected chi connectivity index (χ4v) is 9.59. The molecule has 0 aliphatic heterocycles. The molecule has 0 atom stereocenters. The molecular formula is C34H38F3N3O6S. The average Bonchev–Trinajstić information content (AvgIpc) is 3.00. The van der Waals surface area contributed by atoms with E-state index in [9.17, 15) is 31.2 Å². The molecule has 0 unspecified atom stereocenters. The Labute approximate surface area is 271 Å². The molecule has 4 bridgehead atoms. The number of ether oxygens (including phenoxy) is 2. The summed E-state index contributed by atoms with van der Waals surface area (Å²) >= 11 is 0. The number of carbonyl (C=O) groups excluding carboxylic acids is 1. The van der Waals surface area contributed by atoms with Gasteiger partial charge in [-0.25, -0.2) is 18.4 Å². The molecule has 252 valence electrons. The number of rotatable bonds is 12. The second-order valence-corrected chi connectivity index (χ2v) is 15.6. The van der Waals surface area contributed by atoms with Crippen LogP contribution in [-0.2, 0) is 27.4 Å². The monoisotopic (exact) mass is 673 g/mol. The van der Waals surface area contributed by atoms with Gasteiger partial charge in [0.05, 0.1) is 32.2 Å². The number of aromatic nitrogens is 3. The van der Waals surface area contributed by atoms with Gasteiger partial charge in [0.1, 0.15) is 11.5 Å². The number of nitrogens with zero attached hydrogens (tertiary/aromatic N) is 3. The Morgan fingerprint density at radius 3 is 2.23 bits per heavy atom. The number of benzene rings is 1. The number of hydrogen-bond acceptors (Lipinski definition) is 8. The van der Waals surface area contributed by atoms with E-state index in [0.717, 1.165) is 19.3 Å². The summed E-state index contributed by atoms with van der Waals surface area (Å²) in [5.41, 5.74) is -1.37. The van der Waals surface area contributed by atoms with Crippen LogP contribution >= 0.6 is 0 Å². The maximum atomic E-state index is 13.9. The molecule has 0 spiro atoms. The van der Waals surface area contributed by atoms with Crippen LogP contribution in [0.15, 0.2) is 52.5 Å². The van der Waals surface area contributed by atoms with Crippen molar-refractivity contribution in [3.63, 3.8) is 0 Å². The standard InChI is InChI=1S/C34H38F3N3O6S/c1-45-28-7-5-21(13-29(28)46-2)19-40-20-25(6-8-31(40)42)27-14-30(34(35,36)37)39-32(38-27)47(43,44)9-3-4-26(41)18-33-15-22-10-23(16-33)12-24(11-22)17-33/h5-8,13-14,20,22-24H,3-4,9-12,15-19H2,1-2H3. The highest BCUT2D eigenvalue weighted by Gasteiger charge is 2.51. The quantitative estimate of drug-likeness (QED) is 0.211. The molecule has 4 saturated carbocycles. The molecule has 13 heteroatoms. The van der Waals surface area contributed by atoms with Crippen molar-refractivity contribution in [2.24, 2.45) is 23.2 Å². The van der Waals surface area contributed by atoms with Gasteiger partial charge in [-0.3, -0.25) is 9.59 Å². The van der Waals surface area contributed by atoms with Gasteiger partial charge < -0.3 is 14.0 Å². The Bertz CT molecular complexity index is 1800. The Morgan fingerprint density at radius 2 is 1.62 bits per heavy atom. The highest BCUT2D eigenvalue weighted by molar-refractivity contribution is 7.91. The molecular weight excluding hydrogens is 635 g/mol. The van der Waals surface area contributed by atoms with Gasteiger partial charge in [-0.05, 0) is 97.9 Å². The van der Waals surface area contributed by atoms with Crippen molar-refractivity contribution < 1.29 is 35.9 Å². The fourth-order valence-electron chi connectivity index (χ4n) is 8.40. The zero-order valence-electron chi connectivity index (χ0n) is 26.4. The molecule has 1 aromatic carbocycles. The summed E-state index contributed by atoms with van der Waals surface area (Å²) in [6.45, 7) is 0.0483. The molecule has 7 rings (SSSR count). The van der Waals surface area contributed by atoms with Crippen LogP contribution in [0.1, 0.15) is 69.0 Å². The lowest BCUT2D eigenvalue weighted by Crippen LogP contribution is -2.46. The zero-order valence-corrected chi connectivity index (χ0v) is 27.2. The van der Waals surface area contributed by atoms with Crippen molar-refractivity contribution in [1.82, 2.24) is 14.5 Å². The van der Waals surface area contributed by atoms with Gasteiger partial charge in [0.25, 0.3) is 5.56 Å². The van der Waals surface area contributed by atoms with Crippen molar-refractivity contribution in [3.05, 3.63) is 64.2 Å². The van der Waals surface area contributed by atoms with E-state index in [1.165, 1.54) is 56.4 Å². The first-order chi connectivity index (χ1) is 22.3. The maximum Gasteiger partial charge on any atom is 0.433 e. The van der Waals surface area contributed by atoms with Gasteiger partial charge in [-0.1, -0.05) is 6.07 Å². The normalized spacial score (nSPS) is 23.6. The highest BCUT2D eigenvalue weighted by Crippen LogP contribution is 2.61. The molecule has 0 saturated heterocycles. The molecule has 2 heterocycles. The summed E-state index contributed by atoms with van der Waals surface area (Å²) in [5, 5.41) is -0.964. The molecule has 0 N–H and O–H groups in total. The van der Waals surface area contributed by atoms with Crippen LogP contribution in [-0.4, -0.2) is 48.7 Å². The van der Waals surface area contributed by atoms with Gasteiger partial charge in [-0.2, -0.15) is 13.2 Å². The Morgan fingerprint density at radius 1 is 0.957 bits per heavy atom. The number of hydrogen-bond donors (Lipinski definition) is 0. The molecule has 3 aromatic rings. The largest absolute Gasteiger partial charge is 0.493 e. The summed E-state index contributed by atoms with van der Waals surface area (Å²) in [6, 6.07) is 8.17. The molecule has 4 fully saturated rings. The van der Waals surface area contributed by atoms with Gasteiger partial charge in [-0.15, -0.1) is 0 Å². The van der Waals surface area contributed by atoms with Crippen molar-refractivity contribution in [1.29, 1.82) is 0 Å². The Kier molecular flexibility index (Phi) is 8.96. The number of halogens is 3. The third kappa shape index (κ3) is 7.24. The lowest BCUT2D eigenvalue weighted by Gasteiger charge is -2.56. The number of sulfone groups is 1. The highest BCUT2D eigenvalue weighted by atomic mass is 32.2. The van der Waals surface area contributed by atoms with Crippen LogP contribution < -0.4 is 15.0 Å². The number of Topliss-reactive ketones (excluding diaryl/α,β-unsaturated/α-hetero) is 1. The predicted octanol–water partition coefficient (Wildman–Crippen LogP) is 6.12. The minimum atomic E-state index is -4.95. The molecule has 0 radical (unpaired) electrons. The molecule has 0 amide bonds. The van der Waals surface area contributed by atoms with E-state index >= 15 is 0 Å². The van der Waals surface area contributed by atoms with Crippen molar-refractivity contribution >= 4 is 15.6 Å².